The standard InChI is InChI=1S/C15H22N4OS/c1-10(8-13-6-5-7-21-13)19(4)9-14(20)16-15-11(2)17-18-12(15)3/h5-7,10H,8-9H2,1-4H3,(H,16,20)(H,17,18)/t10-/m1/s1. The predicted molar refractivity (Wildman–Crippen MR) is 86.8 cm³/mol. The Kier molecular flexibility index (Phi) is 5.14. The number of thiophene rings is 1. The molecule has 5 nitrogen and oxygen atoms in total. The van der Waals surface area contributed by atoms with Gasteiger partial charge in [-0.05, 0) is 45.7 Å². The lowest BCUT2D eigenvalue weighted by molar-refractivity contribution is -0.117. The van der Waals surface area contributed by atoms with Gasteiger partial charge in [0, 0.05) is 10.9 Å². The first kappa shape index (κ1) is 15.7. The van der Waals surface area contributed by atoms with Gasteiger partial charge in [-0.25, -0.2) is 0 Å². The molecule has 2 heterocycles. The van der Waals surface area contributed by atoms with E-state index in [1.165, 1.54) is 4.88 Å². The zero-order chi connectivity index (χ0) is 15.4. The number of hydrogen-bond acceptors (Lipinski definition) is 4. The van der Waals surface area contributed by atoms with Gasteiger partial charge in [0.05, 0.1) is 23.6 Å². The SMILES string of the molecule is Cc1n[nH]c(C)c1NC(=O)CN(C)[C@H](C)Cc1cccs1. The number of carbonyl (C=O) groups excluding carboxylic acids is 1. The molecule has 1 atom stereocenters. The van der Waals surface area contributed by atoms with Crippen molar-refractivity contribution in [2.45, 2.75) is 33.2 Å². The van der Waals surface area contributed by atoms with E-state index in [0.29, 0.717) is 12.6 Å². The molecule has 114 valence electrons. The maximum absolute atomic E-state index is 12.1. The van der Waals surface area contributed by atoms with Crippen LogP contribution in [0.5, 0.6) is 0 Å². The third-order valence-corrected chi connectivity index (χ3v) is 4.51. The van der Waals surface area contributed by atoms with E-state index >= 15 is 0 Å². The van der Waals surface area contributed by atoms with E-state index in [9.17, 15) is 4.79 Å². The second kappa shape index (κ2) is 6.87. The van der Waals surface area contributed by atoms with E-state index in [-0.39, 0.29) is 5.91 Å². The van der Waals surface area contributed by atoms with E-state index in [4.69, 9.17) is 0 Å². The number of carbonyl (C=O) groups is 1. The Hall–Kier alpha value is -1.66. The smallest absolute Gasteiger partial charge is 0.238 e. The number of rotatable bonds is 6. The number of aromatic nitrogens is 2. The minimum Gasteiger partial charge on any atom is -0.322 e. The van der Waals surface area contributed by atoms with Crippen molar-refractivity contribution in [3.8, 4) is 0 Å². The Morgan fingerprint density at radius 2 is 2.29 bits per heavy atom. The Labute approximate surface area is 129 Å². The Morgan fingerprint density at radius 3 is 2.86 bits per heavy atom. The fraction of sp³-hybridized carbons (Fsp3) is 0.467. The molecule has 2 aromatic rings. The molecule has 0 radical (unpaired) electrons. The number of anilines is 1. The highest BCUT2D eigenvalue weighted by Gasteiger charge is 2.16. The van der Waals surface area contributed by atoms with Gasteiger partial charge >= 0.3 is 0 Å². The normalized spacial score (nSPS) is 12.6. The summed E-state index contributed by atoms with van der Waals surface area (Å²) in [6.45, 7) is 6.29. The number of nitrogens with one attached hydrogen (secondary N) is 2. The minimum atomic E-state index is -0.0110. The number of hydrogen-bond donors (Lipinski definition) is 2. The molecule has 2 aromatic heterocycles. The van der Waals surface area contributed by atoms with Crippen LogP contribution < -0.4 is 5.32 Å². The molecule has 0 fully saturated rings. The van der Waals surface area contributed by atoms with E-state index in [1.807, 2.05) is 20.9 Å². The topological polar surface area (TPSA) is 61.0 Å². The van der Waals surface area contributed by atoms with Crippen molar-refractivity contribution in [2.24, 2.45) is 0 Å². The van der Waals surface area contributed by atoms with Gasteiger partial charge in [-0.3, -0.25) is 14.8 Å². The molecule has 0 saturated carbocycles. The first-order valence-corrected chi connectivity index (χ1v) is 7.89. The lowest BCUT2D eigenvalue weighted by atomic mass is 10.2. The summed E-state index contributed by atoms with van der Waals surface area (Å²) in [5.74, 6) is -0.0110. The van der Waals surface area contributed by atoms with Crippen LogP contribution in [0.1, 0.15) is 23.2 Å². The maximum atomic E-state index is 12.1. The summed E-state index contributed by atoms with van der Waals surface area (Å²) < 4.78 is 0. The molecule has 0 saturated heterocycles. The second-order valence-corrected chi connectivity index (χ2v) is 6.44. The highest BCUT2D eigenvalue weighted by Crippen LogP contribution is 2.16. The zero-order valence-corrected chi connectivity index (χ0v) is 13.8. The minimum absolute atomic E-state index is 0.0110. The van der Waals surface area contributed by atoms with Crippen molar-refractivity contribution in [3.05, 3.63) is 33.8 Å². The average molecular weight is 306 g/mol. The van der Waals surface area contributed by atoms with Crippen LogP contribution in [-0.2, 0) is 11.2 Å². The molecular formula is C15H22N4OS. The number of nitrogens with zero attached hydrogens (tertiary/aromatic N) is 2. The van der Waals surface area contributed by atoms with Crippen molar-refractivity contribution in [1.82, 2.24) is 15.1 Å². The van der Waals surface area contributed by atoms with E-state index in [0.717, 1.165) is 23.5 Å². The summed E-state index contributed by atoms with van der Waals surface area (Å²) in [6, 6.07) is 4.51. The molecule has 1 amide bonds. The van der Waals surface area contributed by atoms with Crippen molar-refractivity contribution >= 4 is 22.9 Å². The van der Waals surface area contributed by atoms with Gasteiger partial charge in [0.25, 0.3) is 0 Å². The van der Waals surface area contributed by atoms with Gasteiger partial charge in [-0.15, -0.1) is 11.3 Å². The quantitative estimate of drug-likeness (QED) is 0.862. The second-order valence-electron chi connectivity index (χ2n) is 5.40. The van der Waals surface area contributed by atoms with Crippen molar-refractivity contribution < 1.29 is 4.79 Å². The average Bonchev–Trinajstić information content (AvgIpc) is 3.03. The zero-order valence-electron chi connectivity index (χ0n) is 12.9. The Morgan fingerprint density at radius 1 is 1.52 bits per heavy atom. The van der Waals surface area contributed by atoms with Crippen molar-refractivity contribution in [2.75, 3.05) is 18.9 Å². The van der Waals surface area contributed by atoms with Crippen LogP contribution in [0.2, 0.25) is 0 Å². The van der Waals surface area contributed by atoms with Crippen LogP contribution in [0, 0.1) is 13.8 Å². The molecule has 0 spiro atoms. The Bertz CT molecular complexity index is 571. The van der Waals surface area contributed by atoms with Crippen LogP contribution in [0.25, 0.3) is 0 Å². The summed E-state index contributed by atoms with van der Waals surface area (Å²) in [5.41, 5.74) is 2.49. The van der Waals surface area contributed by atoms with Gasteiger partial charge < -0.3 is 5.32 Å². The molecule has 21 heavy (non-hydrogen) atoms. The van der Waals surface area contributed by atoms with Gasteiger partial charge in [0.2, 0.25) is 5.91 Å². The van der Waals surface area contributed by atoms with Crippen molar-refractivity contribution in [1.29, 1.82) is 0 Å². The lowest BCUT2D eigenvalue weighted by Gasteiger charge is -2.23. The summed E-state index contributed by atoms with van der Waals surface area (Å²) in [7, 11) is 1.98. The van der Waals surface area contributed by atoms with Crippen LogP contribution >= 0.6 is 11.3 Å². The van der Waals surface area contributed by atoms with Crippen LogP contribution in [0.3, 0.4) is 0 Å². The fourth-order valence-electron chi connectivity index (χ4n) is 2.17. The molecule has 2 rings (SSSR count). The molecule has 0 aliphatic rings. The predicted octanol–water partition coefficient (Wildman–Crippen LogP) is 2.59. The van der Waals surface area contributed by atoms with Crippen molar-refractivity contribution in [3.63, 3.8) is 0 Å². The van der Waals surface area contributed by atoms with Crippen LogP contribution in [0.15, 0.2) is 17.5 Å². The summed E-state index contributed by atoms with van der Waals surface area (Å²) in [4.78, 5) is 15.6. The Balaban J connectivity index is 1.87. The number of amides is 1. The molecule has 0 aliphatic heterocycles. The van der Waals surface area contributed by atoms with Gasteiger partial charge in [-0.2, -0.15) is 5.10 Å². The molecule has 6 heteroatoms. The monoisotopic (exact) mass is 306 g/mol. The summed E-state index contributed by atoms with van der Waals surface area (Å²) >= 11 is 1.76. The molecule has 0 bridgehead atoms. The molecule has 2 N–H and O–H groups in total. The van der Waals surface area contributed by atoms with Gasteiger partial charge in [0.15, 0.2) is 0 Å². The first-order valence-electron chi connectivity index (χ1n) is 7.01. The van der Waals surface area contributed by atoms with Gasteiger partial charge in [-0.1, -0.05) is 6.07 Å². The van der Waals surface area contributed by atoms with E-state index in [2.05, 4.69) is 44.9 Å². The van der Waals surface area contributed by atoms with E-state index in [1.54, 1.807) is 11.3 Å². The first-order chi connectivity index (χ1) is 9.97. The highest BCUT2D eigenvalue weighted by atomic mass is 32.1. The van der Waals surface area contributed by atoms with Crippen LogP contribution in [-0.4, -0.2) is 40.6 Å². The number of aromatic amines is 1. The molecular weight excluding hydrogens is 284 g/mol. The molecule has 0 unspecified atom stereocenters. The van der Waals surface area contributed by atoms with E-state index < -0.39 is 0 Å². The van der Waals surface area contributed by atoms with Crippen LogP contribution in [0.4, 0.5) is 5.69 Å². The molecule has 0 aromatic carbocycles. The van der Waals surface area contributed by atoms with Gasteiger partial charge in [0.1, 0.15) is 0 Å². The third kappa shape index (κ3) is 4.15. The lowest BCUT2D eigenvalue weighted by Crippen LogP contribution is -2.37. The summed E-state index contributed by atoms with van der Waals surface area (Å²) in [5, 5.41) is 12.0. The number of H-pyrrole nitrogens is 1. The summed E-state index contributed by atoms with van der Waals surface area (Å²) in [6.07, 6.45) is 0.964. The third-order valence-electron chi connectivity index (χ3n) is 3.61. The largest absolute Gasteiger partial charge is 0.322 e. The molecule has 0 aliphatic carbocycles. The maximum Gasteiger partial charge on any atom is 0.238 e. The number of likely N-dealkylation sites (N-methyl/N-ethyl adjacent to an activating group) is 1. The number of aryl methyl sites for hydroxylation is 2. The fourth-order valence-corrected chi connectivity index (χ4v) is 3.00. The highest BCUT2D eigenvalue weighted by molar-refractivity contribution is 7.09.